The van der Waals surface area contributed by atoms with E-state index in [2.05, 4.69) is 14.7 Å². The van der Waals surface area contributed by atoms with Gasteiger partial charge >= 0.3 is 0 Å². The number of carbonyl (C=O) groups is 1. The minimum atomic E-state index is -3.80. The Morgan fingerprint density at radius 3 is 2.35 bits per heavy atom. The van der Waals surface area contributed by atoms with E-state index < -0.39 is 22.3 Å². The summed E-state index contributed by atoms with van der Waals surface area (Å²) in [5, 5.41) is 4.20. The molecule has 2 fully saturated rings. The molecule has 0 bridgehead atoms. The maximum atomic E-state index is 13.3. The largest absolute Gasteiger partial charge is 0.368 e. The van der Waals surface area contributed by atoms with Crippen LogP contribution in [-0.4, -0.2) is 72.6 Å². The monoisotopic (exact) mass is 450 g/mol. The van der Waals surface area contributed by atoms with Crippen LogP contribution in [0.1, 0.15) is 23.7 Å². The summed E-state index contributed by atoms with van der Waals surface area (Å²) in [5.74, 6) is -0.482. The third-order valence-corrected chi connectivity index (χ3v) is 7.88. The number of amides is 1. The highest BCUT2D eigenvalue weighted by molar-refractivity contribution is 7.87. The molecule has 168 valence electrons. The smallest absolute Gasteiger partial charge is 0.280 e. The molecule has 4 rings (SSSR count). The molecule has 2 aromatic rings. The number of hydrogen-bond acceptors (Lipinski definition) is 5. The van der Waals surface area contributed by atoms with Gasteiger partial charge in [0.05, 0.1) is 12.2 Å². The first-order valence-corrected chi connectivity index (χ1v) is 11.6. The second-order valence-corrected chi connectivity index (χ2v) is 9.80. The summed E-state index contributed by atoms with van der Waals surface area (Å²) in [6, 6.07) is 4.99. The lowest BCUT2D eigenvalue weighted by molar-refractivity contribution is -0.136. The number of aromatic nitrogens is 2. The quantitative estimate of drug-likeness (QED) is 0.747. The van der Waals surface area contributed by atoms with E-state index in [1.807, 2.05) is 6.92 Å². The number of halogens is 1. The molecule has 0 spiro atoms. The highest BCUT2D eigenvalue weighted by atomic mass is 32.2. The van der Waals surface area contributed by atoms with Crippen molar-refractivity contribution in [2.24, 2.45) is 7.05 Å². The molecule has 3 heterocycles. The second kappa shape index (κ2) is 8.21. The molecule has 2 atom stereocenters. The van der Waals surface area contributed by atoms with E-state index in [0.717, 1.165) is 21.2 Å². The molecule has 2 aliphatic heterocycles. The van der Waals surface area contributed by atoms with Crippen LogP contribution in [0.3, 0.4) is 0 Å². The SMILES string of the molecule is Cc1c(C2CC(C(=O)N3CCN(c4ccc(F)cc4)CC3)N(C)S(=O)(=O)N2)cnn1C. The third kappa shape index (κ3) is 4.17. The van der Waals surface area contributed by atoms with Crippen molar-refractivity contribution in [3.8, 4) is 0 Å². The maximum absolute atomic E-state index is 13.3. The molecule has 11 heteroatoms. The Bertz CT molecular complexity index is 1060. The number of nitrogens with zero attached hydrogens (tertiary/aromatic N) is 5. The summed E-state index contributed by atoms with van der Waals surface area (Å²) in [5.41, 5.74) is 2.54. The molecule has 0 radical (unpaired) electrons. The van der Waals surface area contributed by atoms with Gasteiger partial charge in [-0.2, -0.15) is 22.5 Å². The average molecular weight is 451 g/mol. The van der Waals surface area contributed by atoms with Gasteiger partial charge in [0.1, 0.15) is 11.9 Å². The van der Waals surface area contributed by atoms with Gasteiger partial charge in [0.25, 0.3) is 10.2 Å². The normalized spacial score (nSPS) is 24.4. The van der Waals surface area contributed by atoms with E-state index in [1.54, 1.807) is 35.0 Å². The van der Waals surface area contributed by atoms with Gasteiger partial charge in [-0.15, -0.1) is 0 Å². The highest BCUT2D eigenvalue weighted by Gasteiger charge is 2.43. The summed E-state index contributed by atoms with van der Waals surface area (Å²) < 4.78 is 44.1. The van der Waals surface area contributed by atoms with E-state index in [1.165, 1.54) is 19.2 Å². The molecule has 2 aliphatic rings. The van der Waals surface area contributed by atoms with Crippen molar-refractivity contribution in [1.29, 1.82) is 0 Å². The molecule has 2 unspecified atom stereocenters. The first-order valence-electron chi connectivity index (χ1n) is 10.2. The molecule has 1 amide bonds. The van der Waals surface area contributed by atoms with Gasteiger partial charge in [-0.3, -0.25) is 9.48 Å². The minimum Gasteiger partial charge on any atom is -0.368 e. The van der Waals surface area contributed by atoms with Crippen molar-refractivity contribution in [2.75, 3.05) is 38.1 Å². The minimum absolute atomic E-state index is 0.196. The summed E-state index contributed by atoms with van der Waals surface area (Å²) in [6.07, 6.45) is 1.98. The maximum Gasteiger partial charge on any atom is 0.280 e. The third-order valence-electron chi connectivity index (χ3n) is 6.28. The van der Waals surface area contributed by atoms with Crippen LogP contribution in [0.15, 0.2) is 30.5 Å². The van der Waals surface area contributed by atoms with Crippen molar-refractivity contribution >= 4 is 21.8 Å². The van der Waals surface area contributed by atoms with E-state index in [9.17, 15) is 17.6 Å². The van der Waals surface area contributed by atoms with Crippen molar-refractivity contribution < 1.29 is 17.6 Å². The molecule has 1 N–H and O–H groups in total. The fourth-order valence-corrected chi connectivity index (χ4v) is 5.46. The Balaban J connectivity index is 1.48. The van der Waals surface area contributed by atoms with Crippen molar-refractivity contribution in [2.45, 2.75) is 25.4 Å². The van der Waals surface area contributed by atoms with Crippen molar-refractivity contribution in [3.05, 3.63) is 47.5 Å². The van der Waals surface area contributed by atoms with E-state index in [0.29, 0.717) is 32.6 Å². The van der Waals surface area contributed by atoms with Gasteiger partial charge in [0.2, 0.25) is 5.91 Å². The number of hydrogen-bond donors (Lipinski definition) is 1. The highest BCUT2D eigenvalue weighted by Crippen LogP contribution is 2.30. The molecular weight excluding hydrogens is 423 g/mol. The Morgan fingerprint density at radius 2 is 1.77 bits per heavy atom. The Labute approximate surface area is 181 Å². The molecule has 1 aromatic heterocycles. The van der Waals surface area contributed by atoms with Crippen LogP contribution in [-0.2, 0) is 22.1 Å². The number of anilines is 1. The van der Waals surface area contributed by atoms with Gasteiger partial charge in [-0.25, -0.2) is 4.39 Å². The topological polar surface area (TPSA) is 90.8 Å². The molecule has 31 heavy (non-hydrogen) atoms. The summed E-state index contributed by atoms with van der Waals surface area (Å²) >= 11 is 0. The molecule has 2 saturated heterocycles. The number of benzene rings is 1. The van der Waals surface area contributed by atoms with Gasteiger partial charge < -0.3 is 9.80 Å². The average Bonchev–Trinajstić information content (AvgIpc) is 3.08. The summed E-state index contributed by atoms with van der Waals surface area (Å²) in [6.45, 7) is 4.03. The predicted octanol–water partition coefficient (Wildman–Crippen LogP) is 0.796. The number of rotatable bonds is 3. The fourth-order valence-electron chi connectivity index (χ4n) is 4.20. The first-order chi connectivity index (χ1) is 14.7. The summed E-state index contributed by atoms with van der Waals surface area (Å²) in [4.78, 5) is 17.1. The predicted molar refractivity (Wildman–Crippen MR) is 114 cm³/mol. The van der Waals surface area contributed by atoms with Gasteiger partial charge in [-0.1, -0.05) is 0 Å². The molecule has 9 nitrogen and oxygen atoms in total. The van der Waals surface area contributed by atoms with Crippen LogP contribution in [0.2, 0.25) is 0 Å². The van der Waals surface area contributed by atoms with E-state index in [4.69, 9.17) is 0 Å². The van der Waals surface area contributed by atoms with Crippen LogP contribution in [0.4, 0.5) is 10.1 Å². The second-order valence-electron chi connectivity index (χ2n) is 8.04. The number of piperazine rings is 1. The standard InChI is InChI=1S/C20H27FN6O3S/c1-14-17(13-22-24(14)2)18-12-19(25(3)31(29,30)23-18)20(28)27-10-8-26(9-11-27)16-6-4-15(21)5-7-16/h4-7,13,18-19,23H,8-12H2,1-3H3. The van der Waals surface area contributed by atoms with Crippen molar-refractivity contribution in [3.63, 3.8) is 0 Å². The molecule has 0 aliphatic carbocycles. The van der Waals surface area contributed by atoms with Gasteiger partial charge in [-0.05, 0) is 37.6 Å². The zero-order valence-corrected chi connectivity index (χ0v) is 18.6. The van der Waals surface area contributed by atoms with Gasteiger partial charge in [0.15, 0.2) is 0 Å². The first kappa shape index (κ1) is 21.7. The number of carbonyl (C=O) groups excluding carboxylic acids is 1. The number of aryl methyl sites for hydroxylation is 1. The molecular formula is C20H27FN6O3S. The Morgan fingerprint density at radius 1 is 1.13 bits per heavy atom. The van der Waals surface area contributed by atoms with E-state index >= 15 is 0 Å². The number of nitrogens with one attached hydrogen (secondary N) is 1. The van der Waals surface area contributed by atoms with Crippen LogP contribution < -0.4 is 9.62 Å². The molecule has 1 aromatic carbocycles. The fraction of sp³-hybridized carbons (Fsp3) is 0.500. The lowest BCUT2D eigenvalue weighted by Crippen LogP contribution is -2.60. The lowest BCUT2D eigenvalue weighted by Gasteiger charge is -2.41. The lowest BCUT2D eigenvalue weighted by atomic mass is 9.99. The Hall–Kier alpha value is -2.50. The number of likely N-dealkylation sites (N-methyl/N-ethyl adjacent to an activating group) is 1. The van der Waals surface area contributed by atoms with Crippen LogP contribution in [0.25, 0.3) is 0 Å². The zero-order valence-electron chi connectivity index (χ0n) is 17.8. The molecule has 0 saturated carbocycles. The van der Waals surface area contributed by atoms with Crippen LogP contribution in [0, 0.1) is 12.7 Å². The van der Waals surface area contributed by atoms with Crippen LogP contribution in [0.5, 0.6) is 0 Å². The van der Waals surface area contributed by atoms with E-state index in [-0.39, 0.29) is 11.7 Å². The van der Waals surface area contributed by atoms with Crippen molar-refractivity contribution in [1.82, 2.24) is 23.7 Å². The zero-order chi connectivity index (χ0) is 22.3. The Kier molecular flexibility index (Phi) is 5.75. The summed E-state index contributed by atoms with van der Waals surface area (Å²) in [7, 11) is -0.570. The van der Waals surface area contributed by atoms with Gasteiger partial charge in [0, 0.05) is 57.2 Å². The van der Waals surface area contributed by atoms with Crippen LogP contribution >= 0.6 is 0 Å².